The van der Waals surface area contributed by atoms with Gasteiger partial charge in [0.25, 0.3) is 0 Å². The molecule has 34 heavy (non-hydrogen) atoms. The highest BCUT2D eigenvalue weighted by Crippen LogP contribution is 2.42. The van der Waals surface area contributed by atoms with Crippen LogP contribution in [0.25, 0.3) is 11.3 Å². The van der Waals surface area contributed by atoms with Crippen LogP contribution >= 0.6 is 11.3 Å². The van der Waals surface area contributed by atoms with E-state index in [0.717, 1.165) is 17.7 Å². The number of para-hydroxylation sites is 1. The van der Waals surface area contributed by atoms with Gasteiger partial charge in [0.05, 0.1) is 23.0 Å². The number of hydrazone groups is 1. The van der Waals surface area contributed by atoms with Crippen LogP contribution in [0.1, 0.15) is 29.2 Å². The Hall–Kier alpha value is -3.72. The second-order valence-electron chi connectivity index (χ2n) is 7.77. The van der Waals surface area contributed by atoms with Gasteiger partial charge in [-0.25, -0.2) is 14.4 Å². The Morgan fingerprint density at radius 2 is 1.59 bits per heavy atom. The van der Waals surface area contributed by atoms with Crippen molar-refractivity contribution in [2.45, 2.75) is 18.6 Å². The van der Waals surface area contributed by atoms with Gasteiger partial charge in [0.15, 0.2) is 0 Å². The summed E-state index contributed by atoms with van der Waals surface area (Å²) in [5.41, 5.74) is 2.48. The van der Waals surface area contributed by atoms with Gasteiger partial charge in [-0.1, -0.05) is 42.5 Å². The molecule has 0 saturated heterocycles. The van der Waals surface area contributed by atoms with E-state index in [9.17, 15) is 22.7 Å². The lowest BCUT2D eigenvalue weighted by Crippen LogP contribution is -2.18. The molecule has 5 rings (SSSR count). The van der Waals surface area contributed by atoms with Gasteiger partial charge in [-0.3, -0.25) is 0 Å². The first-order chi connectivity index (χ1) is 16.3. The van der Waals surface area contributed by atoms with Crippen LogP contribution in [0.5, 0.6) is 5.75 Å². The Morgan fingerprint density at radius 1 is 0.912 bits per heavy atom. The Labute approximate surface area is 196 Å². The van der Waals surface area contributed by atoms with Crippen molar-refractivity contribution in [3.05, 3.63) is 101 Å². The molecule has 3 aromatic carbocycles. The smallest absolute Gasteiger partial charge is 0.416 e. The zero-order valence-corrected chi connectivity index (χ0v) is 18.3. The van der Waals surface area contributed by atoms with Crippen molar-refractivity contribution in [2.24, 2.45) is 5.10 Å². The van der Waals surface area contributed by atoms with Crippen molar-refractivity contribution in [2.75, 3.05) is 5.01 Å². The Morgan fingerprint density at radius 3 is 2.26 bits per heavy atom. The third kappa shape index (κ3) is 4.26. The summed E-state index contributed by atoms with van der Waals surface area (Å²) in [7, 11) is 0. The molecule has 1 aliphatic rings. The number of phenolic OH excluding ortho intramolecular Hbond substituents is 1. The van der Waals surface area contributed by atoms with Gasteiger partial charge >= 0.3 is 6.18 Å². The fourth-order valence-corrected chi connectivity index (χ4v) is 4.68. The maximum atomic E-state index is 13.4. The highest BCUT2D eigenvalue weighted by Gasteiger charge is 2.33. The first kappa shape index (κ1) is 22.1. The summed E-state index contributed by atoms with van der Waals surface area (Å²) in [4.78, 5) is 4.62. The normalized spacial score (nSPS) is 16.1. The third-order valence-electron chi connectivity index (χ3n) is 5.58. The monoisotopic (exact) mass is 483 g/mol. The molecule has 172 valence electrons. The van der Waals surface area contributed by atoms with Gasteiger partial charge < -0.3 is 5.11 Å². The van der Waals surface area contributed by atoms with E-state index < -0.39 is 11.7 Å². The first-order valence-corrected chi connectivity index (χ1v) is 11.2. The summed E-state index contributed by atoms with van der Waals surface area (Å²) in [6.07, 6.45) is -3.95. The lowest BCUT2D eigenvalue weighted by molar-refractivity contribution is -0.137. The molecule has 1 N–H and O–H groups in total. The van der Waals surface area contributed by atoms with Crippen LogP contribution < -0.4 is 5.01 Å². The standard InChI is InChI=1S/C25H17F4N3OS/c26-18-11-7-15(8-12-18)20-13-22(19-3-1-2-4-23(19)33)32(31-20)24-30-21(14-34-24)16-5-9-17(10-6-16)25(27,28)29/h1-12,14,22,33H,13H2. The first-order valence-electron chi connectivity index (χ1n) is 10.3. The summed E-state index contributed by atoms with van der Waals surface area (Å²) < 4.78 is 52.1. The average Bonchev–Trinajstić information content (AvgIpc) is 3.47. The molecule has 0 aliphatic carbocycles. The molecule has 0 fully saturated rings. The topological polar surface area (TPSA) is 48.7 Å². The average molecular weight is 483 g/mol. The third-order valence-corrected chi connectivity index (χ3v) is 6.41. The minimum atomic E-state index is -4.41. The zero-order valence-electron chi connectivity index (χ0n) is 17.5. The Balaban J connectivity index is 1.51. The molecular formula is C25H17F4N3OS. The number of nitrogens with zero attached hydrogens (tertiary/aromatic N) is 3. The van der Waals surface area contributed by atoms with Crippen molar-refractivity contribution in [1.29, 1.82) is 0 Å². The maximum absolute atomic E-state index is 13.4. The molecule has 1 aliphatic heterocycles. The second kappa shape index (κ2) is 8.57. The number of benzene rings is 3. The van der Waals surface area contributed by atoms with Crippen molar-refractivity contribution < 1.29 is 22.7 Å². The van der Waals surface area contributed by atoms with Crippen molar-refractivity contribution in [3.63, 3.8) is 0 Å². The Kier molecular flexibility index (Phi) is 5.57. The van der Waals surface area contributed by atoms with Crippen LogP contribution in [0.15, 0.2) is 83.3 Å². The predicted molar refractivity (Wildman–Crippen MR) is 123 cm³/mol. The molecule has 9 heteroatoms. The fourth-order valence-electron chi connectivity index (χ4n) is 3.85. The quantitative estimate of drug-likeness (QED) is 0.317. The van der Waals surface area contributed by atoms with Crippen LogP contribution in [0, 0.1) is 5.82 Å². The van der Waals surface area contributed by atoms with E-state index >= 15 is 0 Å². The van der Waals surface area contributed by atoms with Gasteiger partial charge in [-0.05, 0) is 35.9 Å². The number of hydrogen-bond donors (Lipinski definition) is 1. The lowest BCUT2D eigenvalue weighted by atomic mass is 9.98. The summed E-state index contributed by atoms with van der Waals surface area (Å²) >= 11 is 1.30. The van der Waals surface area contributed by atoms with Gasteiger partial charge in [0, 0.05) is 22.9 Å². The van der Waals surface area contributed by atoms with E-state index in [1.807, 2.05) is 6.07 Å². The maximum Gasteiger partial charge on any atom is 0.416 e. The molecular weight excluding hydrogens is 466 g/mol. The van der Waals surface area contributed by atoms with Crippen molar-refractivity contribution >= 4 is 22.2 Å². The molecule has 0 spiro atoms. The van der Waals surface area contributed by atoms with Crippen molar-refractivity contribution in [1.82, 2.24) is 4.98 Å². The molecule has 0 amide bonds. The van der Waals surface area contributed by atoms with Gasteiger partial charge in [-0.15, -0.1) is 11.3 Å². The molecule has 0 radical (unpaired) electrons. The summed E-state index contributed by atoms with van der Waals surface area (Å²) in [6.45, 7) is 0. The molecule has 1 atom stereocenters. The van der Waals surface area contributed by atoms with Crippen molar-refractivity contribution in [3.8, 4) is 17.0 Å². The van der Waals surface area contributed by atoms with Gasteiger partial charge in [0.2, 0.25) is 5.13 Å². The van der Waals surface area contributed by atoms with Gasteiger partial charge in [-0.2, -0.15) is 18.3 Å². The Bertz CT molecular complexity index is 1350. The molecule has 1 aromatic heterocycles. The van der Waals surface area contributed by atoms with Crippen LogP contribution in [-0.2, 0) is 6.18 Å². The number of aromatic nitrogens is 1. The van der Waals surface area contributed by atoms with E-state index in [2.05, 4.69) is 4.98 Å². The second-order valence-corrected chi connectivity index (χ2v) is 8.60. The number of halogens is 4. The number of thiazole rings is 1. The van der Waals surface area contributed by atoms with E-state index in [-0.39, 0.29) is 17.6 Å². The summed E-state index contributed by atoms with van der Waals surface area (Å²) in [6, 6.07) is 17.4. The van der Waals surface area contributed by atoms with Crippen LogP contribution in [0.4, 0.5) is 22.7 Å². The summed E-state index contributed by atoms with van der Waals surface area (Å²) in [5, 5.41) is 19.2. The molecule has 2 heterocycles. The number of hydrogen-bond acceptors (Lipinski definition) is 5. The molecule has 1 unspecified atom stereocenters. The zero-order chi connectivity index (χ0) is 23.9. The number of aromatic hydroxyl groups is 1. The fraction of sp³-hybridized carbons (Fsp3) is 0.120. The molecule has 0 saturated carbocycles. The lowest BCUT2D eigenvalue weighted by Gasteiger charge is -2.21. The van der Waals surface area contributed by atoms with E-state index in [1.54, 1.807) is 40.7 Å². The molecule has 4 aromatic rings. The van der Waals surface area contributed by atoms with Crippen LogP contribution in [0.2, 0.25) is 0 Å². The molecule has 4 nitrogen and oxygen atoms in total. The van der Waals surface area contributed by atoms with E-state index in [1.165, 1.54) is 35.6 Å². The largest absolute Gasteiger partial charge is 0.508 e. The highest BCUT2D eigenvalue weighted by atomic mass is 32.1. The van der Waals surface area contributed by atoms with Crippen LogP contribution in [0.3, 0.4) is 0 Å². The SMILES string of the molecule is Oc1ccccc1C1CC(c2ccc(F)cc2)=NN1c1nc(-c2ccc(C(F)(F)F)cc2)cs1. The number of alkyl halides is 3. The number of phenols is 1. The molecule has 0 bridgehead atoms. The number of anilines is 1. The summed E-state index contributed by atoms with van der Waals surface area (Å²) in [5.74, 6) is -0.231. The van der Waals surface area contributed by atoms with Crippen LogP contribution in [-0.4, -0.2) is 15.8 Å². The highest BCUT2D eigenvalue weighted by molar-refractivity contribution is 7.14. The van der Waals surface area contributed by atoms with E-state index in [4.69, 9.17) is 5.10 Å². The predicted octanol–water partition coefficient (Wildman–Crippen LogP) is 7.03. The van der Waals surface area contributed by atoms with Gasteiger partial charge in [0.1, 0.15) is 11.6 Å². The minimum absolute atomic E-state index is 0.118. The minimum Gasteiger partial charge on any atom is -0.508 e. The number of rotatable bonds is 4. The van der Waals surface area contributed by atoms with E-state index in [0.29, 0.717) is 34.1 Å².